The van der Waals surface area contributed by atoms with E-state index in [-0.39, 0.29) is 24.0 Å². The first-order valence-electron chi connectivity index (χ1n) is 12.4. The van der Waals surface area contributed by atoms with Gasteiger partial charge in [-0.3, -0.25) is 14.5 Å². The van der Waals surface area contributed by atoms with Crippen molar-refractivity contribution in [2.75, 3.05) is 17.3 Å². The predicted molar refractivity (Wildman–Crippen MR) is 147 cm³/mol. The summed E-state index contributed by atoms with van der Waals surface area (Å²) in [6.45, 7) is 0. The van der Waals surface area contributed by atoms with Crippen LogP contribution >= 0.6 is 11.6 Å². The minimum absolute atomic E-state index is 0.0437. The SMILES string of the molecule is COc1ccccc1[C@H]1C2=C(C[C@H](c3ccco3)CC2=O)Nc2ccccc2N1C(=O)c1ccc(Cl)cc1. The van der Waals surface area contributed by atoms with E-state index in [1.54, 1.807) is 42.5 Å². The Kier molecular flexibility index (Phi) is 6.26. The summed E-state index contributed by atoms with van der Waals surface area (Å²) in [4.78, 5) is 30.0. The highest BCUT2D eigenvalue weighted by atomic mass is 35.5. The Hall–Kier alpha value is -4.29. The molecule has 0 fully saturated rings. The molecule has 0 saturated heterocycles. The molecule has 2 aliphatic rings. The van der Waals surface area contributed by atoms with Gasteiger partial charge in [-0.1, -0.05) is 41.9 Å². The third kappa shape index (κ3) is 4.17. The molecule has 7 heteroatoms. The van der Waals surface area contributed by atoms with Crippen molar-refractivity contribution >= 4 is 34.7 Å². The molecule has 0 bridgehead atoms. The molecule has 1 N–H and O–H groups in total. The Labute approximate surface area is 225 Å². The minimum atomic E-state index is -0.717. The molecule has 0 unspecified atom stereocenters. The number of hydrogen-bond acceptors (Lipinski definition) is 5. The number of carbonyl (C=O) groups is 2. The zero-order chi connectivity index (χ0) is 26.2. The summed E-state index contributed by atoms with van der Waals surface area (Å²) >= 11 is 6.13. The number of rotatable bonds is 4. The summed E-state index contributed by atoms with van der Waals surface area (Å²) in [7, 11) is 1.60. The standard InChI is InChI=1S/C31H25ClN2O4/c1-37-28-10-5-2-7-22(28)30-29-24(17-20(18-26(29)35)27-11-6-16-38-27)33-23-8-3-4-9-25(23)34(30)31(36)19-12-14-21(32)15-13-19/h2-16,20,30,33H,17-18H2,1H3/t20-,30-/m0/s1. The third-order valence-electron chi connectivity index (χ3n) is 7.18. The number of para-hydroxylation sites is 3. The van der Waals surface area contributed by atoms with Crippen LogP contribution in [0.25, 0.3) is 0 Å². The van der Waals surface area contributed by atoms with Gasteiger partial charge in [-0.15, -0.1) is 0 Å². The number of nitrogens with one attached hydrogen (secondary N) is 1. The number of allylic oxidation sites excluding steroid dienone is 1. The number of amides is 1. The Morgan fingerprint density at radius 3 is 2.50 bits per heavy atom. The van der Waals surface area contributed by atoms with Crippen molar-refractivity contribution in [1.29, 1.82) is 0 Å². The molecule has 4 aromatic rings. The second kappa shape index (κ2) is 9.88. The van der Waals surface area contributed by atoms with Crippen LogP contribution in [0.2, 0.25) is 5.02 Å². The zero-order valence-electron chi connectivity index (χ0n) is 20.7. The van der Waals surface area contributed by atoms with E-state index in [0.29, 0.717) is 34.0 Å². The van der Waals surface area contributed by atoms with Gasteiger partial charge in [0.15, 0.2) is 5.78 Å². The molecule has 0 spiro atoms. The molecule has 2 heterocycles. The van der Waals surface area contributed by atoms with Crippen LogP contribution in [0.4, 0.5) is 11.4 Å². The molecule has 6 rings (SSSR count). The lowest BCUT2D eigenvalue weighted by atomic mass is 9.79. The first-order valence-corrected chi connectivity index (χ1v) is 12.8. The maximum Gasteiger partial charge on any atom is 0.259 e. The van der Waals surface area contributed by atoms with E-state index in [9.17, 15) is 9.59 Å². The van der Waals surface area contributed by atoms with Crippen molar-refractivity contribution in [3.63, 3.8) is 0 Å². The summed E-state index contributed by atoms with van der Waals surface area (Å²) in [5.74, 6) is 0.970. The molecule has 1 aliphatic carbocycles. The van der Waals surface area contributed by atoms with Crippen molar-refractivity contribution in [2.24, 2.45) is 0 Å². The topological polar surface area (TPSA) is 71.8 Å². The Morgan fingerprint density at radius 2 is 1.74 bits per heavy atom. The number of benzene rings is 3. The quantitative estimate of drug-likeness (QED) is 0.307. The monoisotopic (exact) mass is 524 g/mol. The van der Waals surface area contributed by atoms with Gasteiger partial charge in [0.1, 0.15) is 11.5 Å². The summed E-state index contributed by atoms with van der Waals surface area (Å²) in [6, 6.07) is 25.0. The third-order valence-corrected chi connectivity index (χ3v) is 7.43. The maximum atomic E-state index is 14.3. The van der Waals surface area contributed by atoms with Crippen LogP contribution in [0, 0.1) is 0 Å². The van der Waals surface area contributed by atoms with Crippen LogP contribution in [0.15, 0.2) is 107 Å². The number of hydrogen-bond donors (Lipinski definition) is 1. The van der Waals surface area contributed by atoms with Gasteiger partial charge in [-0.2, -0.15) is 0 Å². The van der Waals surface area contributed by atoms with Crippen molar-refractivity contribution in [2.45, 2.75) is 24.8 Å². The molecule has 1 aliphatic heterocycles. The van der Waals surface area contributed by atoms with Crippen molar-refractivity contribution in [3.05, 3.63) is 124 Å². The van der Waals surface area contributed by atoms with Crippen LogP contribution in [0.3, 0.4) is 0 Å². The molecule has 2 atom stereocenters. The van der Waals surface area contributed by atoms with E-state index in [1.807, 2.05) is 60.7 Å². The smallest absolute Gasteiger partial charge is 0.259 e. The van der Waals surface area contributed by atoms with E-state index in [4.69, 9.17) is 20.8 Å². The Morgan fingerprint density at radius 1 is 0.974 bits per heavy atom. The predicted octanol–water partition coefficient (Wildman–Crippen LogP) is 7.16. The second-order valence-electron chi connectivity index (χ2n) is 9.40. The first-order chi connectivity index (χ1) is 18.5. The first kappa shape index (κ1) is 24.1. The number of nitrogens with zero attached hydrogens (tertiary/aromatic N) is 1. The van der Waals surface area contributed by atoms with E-state index < -0.39 is 6.04 Å². The van der Waals surface area contributed by atoms with Gasteiger partial charge in [0, 0.05) is 39.8 Å². The normalized spacial score (nSPS) is 18.8. The molecule has 1 amide bonds. The van der Waals surface area contributed by atoms with Gasteiger partial charge < -0.3 is 14.5 Å². The number of methoxy groups -OCH3 is 1. The van der Waals surface area contributed by atoms with E-state index in [1.165, 1.54) is 0 Å². The van der Waals surface area contributed by atoms with Gasteiger partial charge in [-0.25, -0.2) is 0 Å². The molecule has 190 valence electrons. The molecular weight excluding hydrogens is 500 g/mol. The van der Waals surface area contributed by atoms with Crippen molar-refractivity contribution in [1.82, 2.24) is 0 Å². The lowest BCUT2D eigenvalue weighted by molar-refractivity contribution is -0.116. The molecule has 6 nitrogen and oxygen atoms in total. The number of ether oxygens (including phenoxy) is 1. The number of furan rings is 1. The van der Waals surface area contributed by atoms with Gasteiger partial charge in [-0.05, 0) is 61.0 Å². The Balaban J connectivity index is 1.60. The summed E-state index contributed by atoms with van der Waals surface area (Å²) in [5, 5.41) is 4.07. The highest BCUT2D eigenvalue weighted by molar-refractivity contribution is 6.30. The van der Waals surface area contributed by atoms with Gasteiger partial charge in [0.25, 0.3) is 5.91 Å². The fourth-order valence-electron chi connectivity index (χ4n) is 5.46. The molecule has 0 radical (unpaired) electrons. The average molecular weight is 525 g/mol. The molecule has 1 aromatic heterocycles. The summed E-state index contributed by atoms with van der Waals surface area (Å²) in [5.41, 5.74) is 3.93. The molecule has 3 aromatic carbocycles. The highest BCUT2D eigenvalue weighted by Crippen LogP contribution is 2.49. The summed E-state index contributed by atoms with van der Waals surface area (Å²) in [6.07, 6.45) is 2.47. The summed E-state index contributed by atoms with van der Waals surface area (Å²) < 4.78 is 11.4. The minimum Gasteiger partial charge on any atom is -0.496 e. The lowest BCUT2D eigenvalue weighted by Gasteiger charge is -2.35. The number of ketones is 1. The highest BCUT2D eigenvalue weighted by Gasteiger charge is 2.43. The fourth-order valence-corrected chi connectivity index (χ4v) is 5.58. The second-order valence-corrected chi connectivity index (χ2v) is 9.84. The zero-order valence-corrected chi connectivity index (χ0v) is 21.4. The van der Waals surface area contributed by atoms with Crippen molar-refractivity contribution in [3.8, 4) is 5.75 Å². The lowest BCUT2D eigenvalue weighted by Crippen LogP contribution is -2.38. The van der Waals surface area contributed by atoms with Gasteiger partial charge >= 0.3 is 0 Å². The number of carbonyl (C=O) groups excluding carboxylic acids is 2. The number of halogens is 1. The largest absolute Gasteiger partial charge is 0.496 e. The van der Waals surface area contributed by atoms with Crippen LogP contribution in [-0.2, 0) is 4.79 Å². The Bertz CT molecular complexity index is 1540. The van der Waals surface area contributed by atoms with Crippen LogP contribution in [-0.4, -0.2) is 18.8 Å². The molecule has 38 heavy (non-hydrogen) atoms. The number of anilines is 2. The van der Waals surface area contributed by atoms with Gasteiger partial charge in [0.2, 0.25) is 0 Å². The van der Waals surface area contributed by atoms with Crippen LogP contribution in [0.5, 0.6) is 5.75 Å². The fraction of sp³-hybridized carbons (Fsp3) is 0.161. The van der Waals surface area contributed by atoms with E-state index in [0.717, 1.165) is 22.7 Å². The van der Waals surface area contributed by atoms with E-state index in [2.05, 4.69) is 5.32 Å². The molecule has 0 saturated carbocycles. The van der Waals surface area contributed by atoms with Crippen molar-refractivity contribution < 1.29 is 18.7 Å². The maximum absolute atomic E-state index is 14.3. The van der Waals surface area contributed by atoms with E-state index >= 15 is 0 Å². The van der Waals surface area contributed by atoms with Crippen LogP contribution < -0.4 is 15.0 Å². The number of Topliss-reactive ketones (excluding diaryl/α,β-unsaturated/α-hetero) is 1. The average Bonchev–Trinajstić information content (AvgIpc) is 3.43. The van der Waals surface area contributed by atoms with Gasteiger partial charge in [0.05, 0.1) is 30.8 Å². The number of fused-ring (bicyclic) bond motifs is 1. The van der Waals surface area contributed by atoms with Crippen LogP contribution in [0.1, 0.15) is 46.5 Å². The molecular formula is C31H25ClN2O4.